The minimum absolute atomic E-state index is 0.208. The highest BCUT2D eigenvalue weighted by Crippen LogP contribution is 2.53. The lowest BCUT2D eigenvalue weighted by Crippen LogP contribution is -2.42. The molecule has 2 aliphatic heterocycles. The van der Waals surface area contributed by atoms with E-state index in [1.165, 1.54) is 10.5 Å². The lowest BCUT2D eigenvalue weighted by atomic mass is 9.99. The minimum Gasteiger partial charge on any atom is -0.402 e. The first kappa shape index (κ1) is 18.7. The molecular formula is C19H17F3N3O2S+. The number of halogens is 3. The van der Waals surface area contributed by atoms with Crippen LogP contribution in [0.15, 0.2) is 64.7 Å². The molecule has 2 atom stereocenters. The summed E-state index contributed by atoms with van der Waals surface area (Å²) in [5, 5.41) is 5.74. The van der Waals surface area contributed by atoms with Crippen LogP contribution in [0.25, 0.3) is 0 Å². The molecular weight excluding hydrogens is 391 g/mol. The van der Waals surface area contributed by atoms with Crippen LogP contribution in [0.1, 0.15) is 35.2 Å². The maximum Gasteiger partial charge on any atom is 0.416 e. The van der Waals surface area contributed by atoms with Crippen LogP contribution in [0.4, 0.5) is 13.2 Å². The van der Waals surface area contributed by atoms with E-state index in [9.17, 15) is 21.6 Å². The van der Waals surface area contributed by atoms with Gasteiger partial charge in [0.05, 0.1) is 28.1 Å². The van der Waals surface area contributed by atoms with Crippen LogP contribution < -0.4 is 11.1 Å². The summed E-state index contributed by atoms with van der Waals surface area (Å²) in [6, 6.07) is 9.53. The highest BCUT2D eigenvalue weighted by molar-refractivity contribution is 7.89. The number of hydrogen-bond donors (Lipinski definition) is 2. The largest absolute Gasteiger partial charge is 0.416 e. The van der Waals surface area contributed by atoms with Gasteiger partial charge < -0.3 is 5.73 Å². The van der Waals surface area contributed by atoms with Gasteiger partial charge in [0.2, 0.25) is 10.0 Å². The fourth-order valence-corrected chi connectivity index (χ4v) is 5.72. The van der Waals surface area contributed by atoms with Gasteiger partial charge in [-0.25, -0.2) is 8.42 Å². The van der Waals surface area contributed by atoms with Crippen LogP contribution in [0.5, 0.6) is 0 Å². The summed E-state index contributed by atoms with van der Waals surface area (Å²) in [7, 11) is -4.09. The molecule has 2 unspecified atom stereocenters. The number of nitrogens with two attached hydrogens (primary N) is 2. The Kier molecular flexibility index (Phi) is 4.13. The number of nitrogens with zero attached hydrogens (tertiary/aromatic N) is 1. The maximum absolute atomic E-state index is 13.4. The van der Waals surface area contributed by atoms with E-state index in [-0.39, 0.29) is 11.3 Å². The van der Waals surface area contributed by atoms with Gasteiger partial charge in [0, 0.05) is 12.1 Å². The molecule has 2 bridgehead atoms. The molecule has 2 aliphatic rings. The van der Waals surface area contributed by atoms with Gasteiger partial charge in [0.25, 0.3) is 0 Å². The Labute approximate surface area is 159 Å². The lowest BCUT2D eigenvalue weighted by molar-refractivity contribution is -0.137. The van der Waals surface area contributed by atoms with Crippen molar-refractivity contribution < 1.29 is 27.0 Å². The Hall–Kier alpha value is -2.65. The first-order valence-electron chi connectivity index (χ1n) is 8.49. The summed E-state index contributed by atoms with van der Waals surface area (Å²) in [6.45, 7) is 0. The normalized spacial score (nSPS) is 22.2. The molecule has 5 nitrogen and oxygen atoms in total. The minimum atomic E-state index is -4.54. The van der Waals surface area contributed by atoms with E-state index in [1.807, 2.05) is 18.2 Å². The van der Waals surface area contributed by atoms with E-state index in [1.54, 1.807) is 6.07 Å². The number of hydrogen-bond acceptors (Lipinski definition) is 3. The molecule has 4 rings (SSSR count). The molecule has 2 heterocycles. The van der Waals surface area contributed by atoms with Gasteiger partial charge in [-0.3, -0.25) is 5.41 Å². The third kappa shape index (κ3) is 2.65. The van der Waals surface area contributed by atoms with Crippen molar-refractivity contribution in [1.29, 1.82) is 0 Å². The van der Waals surface area contributed by atoms with Crippen LogP contribution in [0, 0.1) is 0 Å². The molecule has 4 N–H and O–H groups in total. The number of sulfonamides is 1. The third-order valence-corrected chi connectivity index (χ3v) is 7.11. The Morgan fingerprint density at radius 3 is 2.25 bits per heavy atom. The molecule has 0 spiro atoms. The van der Waals surface area contributed by atoms with Crippen LogP contribution in [0.2, 0.25) is 0 Å². The van der Waals surface area contributed by atoms with Crippen molar-refractivity contribution in [2.45, 2.75) is 29.6 Å². The van der Waals surface area contributed by atoms with Gasteiger partial charge in [-0.2, -0.15) is 17.5 Å². The molecule has 28 heavy (non-hydrogen) atoms. The van der Waals surface area contributed by atoms with Gasteiger partial charge >= 0.3 is 6.18 Å². The number of benzene rings is 2. The number of alkyl halides is 3. The molecule has 0 aliphatic carbocycles. The Balaban J connectivity index is 1.84. The van der Waals surface area contributed by atoms with E-state index in [0.29, 0.717) is 11.3 Å². The Morgan fingerprint density at radius 2 is 1.68 bits per heavy atom. The maximum atomic E-state index is 13.4. The molecule has 2 aromatic carbocycles. The van der Waals surface area contributed by atoms with Crippen molar-refractivity contribution in [3.8, 4) is 0 Å². The standard InChI is InChI=1S/C19H16F3N3O2S/c20-19(21,22)11-5-7-12(8-6-11)28(26,27)25-17-9-16(24)15(10-23)18(25)14-4-2-1-3-13(14)17/h1-8,10,17-18,23H,9,24H2/p+1. The third-order valence-electron chi connectivity index (χ3n) is 5.23. The highest BCUT2D eigenvalue weighted by atomic mass is 32.2. The molecule has 0 amide bonds. The lowest BCUT2D eigenvalue weighted by Gasteiger charge is -2.34. The molecule has 0 saturated carbocycles. The van der Waals surface area contributed by atoms with Crippen LogP contribution in [-0.4, -0.2) is 18.9 Å². The molecule has 2 aromatic rings. The quantitative estimate of drug-likeness (QED) is 0.761. The second-order valence-corrected chi connectivity index (χ2v) is 8.60. The van der Waals surface area contributed by atoms with E-state index < -0.39 is 33.8 Å². The SMILES string of the molecule is NC1=C(C=[NH2+])C2c3ccccc3C(C1)N2S(=O)(=O)c1ccc(C(F)(F)F)cc1. The summed E-state index contributed by atoms with van der Waals surface area (Å²) < 4.78 is 66.5. The predicted octanol–water partition coefficient (Wildman–Crippen LogP) is 1.94. The molecule has 0 aromatic heterocycles. The number of rotatable bonds is 3. The molecule has 9 heteroatoms. The fraction of sp³-hybridized carbons (Fsp3) is 0.211. The van der Waals surface area contributed by atoms with Gasteiger partial charge in [-0.1, -0.05) is 24.3 Å². The summed E-state index contributed by atoms with van der Waals surface area (Å²) >= 11 is 0. The zero-order valence-corrected chi connectivity index (χ0v) is 15.3. The molecule has 0 radical (unpaired) electrons. The van der Waals surface area contributed by atoms with Crippen LogP contribution in [0.3, 0.4) is 0 Å². The first-order valence-corrected chi connectivity index (χ1v) is 9.93. The van der Waals surface area contributed by atoms with E-state index in [4.69, 9.17) is 11.1 Å². The zero-order valence-electron chi connectivity index (χ0n) is 14.5. The monoisotopic (exact) mass is 408 g/mol. The summed E-state index contributed by atoms with van der Waals surface area (Å²) in [5.74, 6) is 0. The number of fused-ring (bicyclic) bond motifs is 5. The van der Waals surface area contributed by atoms with Crippen LogP contribution >= 0.6 is 0 Å². The second kappa shape index (κ2) is 6.18. The average Bonchev–Trinajstić information content (AvgIpc) is 2.91. The second-order valence-electron chi connectivity index (χ2n) is 6.76. The van der Waals surface area contributed by atoms with Gasteiger partial charge in [0.1, 0.15) is 0 Å². The topological polar surface area (TPSA) is 89.0 Å². The van der Waals surface area contributed by atoms with E-state index in [0.717, 1.165) is 35.4 Å². The first-order chi connectivity index (χ1) is 13.2. The molecule has 0 fully saturated rings. The van der Waals surface area contributed by atoms with Gasteiger partial charge in [-0.15, -0.1) is 0 Å². The summed E-state index contributed by atoms with van der Waals surface area (Å²) in [4.78, 5) is -0.208. The summed E-state index contributed by atoms with van der Waals surface area (Å²) in [6.07, 6.45) is -2.98. The highest BCUT2D eigenvalue weighted by Gasteiger charge is 2.50. The average molecular weight is 408 g/mol. The van der Waals surface area contributed by atoms with E-state index >= 15 is 0 Å². The molecule has 0 saturated heterocycles. The summed E-state index contributed by atoms with van der Waals surface area (Å²) in [5.41, 5.74) is 7.82. The predicted molar refractivity (Wildman–Crippen MR) is 96.2 cm³/mol. The smallest absolute Gasteiger partial charge is 0.402 e. The fourth-order valence-electron chi connectivity index (χ4n) is 3.97. The van der Waals surface area contributed by atoms with Crippen molar-refractivity contribution in [2.75, 3.05) is 0 Å². The van der Waals surface area contributed by atoms with Crippen molar-refractivity contribution in [2.24, 2.45) is 5.73 Å². The zero-order chi connectivity index (χ0) is 20.3. The van der Waals surface area contributed by atoms with Crippen molar-refractivity contribution in [3.63, 3.8) is 0 Å². The van der Waals surface area contributed by atoms with Crippen molar-refractivity contribution in [3.05, 3.63) is 76.5 Å². The Bertz CT molecular complexity index is 1090. The van der Waals surface area contributed by atoms with Crippen molar-refractivity contribution >= 4 is 16.2 Å². The van der Waals surface area contributed by atoms with Gasteiger partial charge in [-0.05, 0) is 35.4 Å². The van der Waals surface area contributed by atoms with E-state index in [2.05, 4.69) is 0 Å². The van der Waals surface area contributed by atoms with Crippen molar-refractivity contribution in [1.82, 2.24) is 4.31 Å². The van der Waals surface area contributed by atoms with Crippen LogP contribution in [-0.2, 0) is 16.2 Å². The Morgan fingerprint density at radius 1 is 1.07 bits per heavy atom. The van der Waals surface area contributed by atoms with Gasteiger partial charge in [0.15, 0.2) is 6.21 Å². The molecule has 146 valence electrons.